The fourth-order valence-corrected chi connectivity index (χ4v) is 2.13. The Labute approximate surface area is 136 Å². The molecule has 0 atom stereocenters. The molecule has 24 heavy (non-hydrogen) atoms. The first kappa shape index (κ1) is 15.5. The van der Waals surface area contributed by atoms with Crippen LogP contribution in [0.5, 0.6) is 0 Å². The van der Waals surface area contributed by atoms with Gasteiger partial charge in [-0.1, -0.05) is 0 Å². The van der Waals surface area contributed by atoms with Crippen LogP contribution in [0.2, 0.25) is 0 Å². The van der Waals surface area contributed by atoms with Crippen molar-refractivity contribution in [1.29, 1.82) is 5.26 Å². The zero-order chi connectivity index (χ0) is 17.1. The number of nitriles is 1. The Morgan fingerprint density at radius 3 is 2.58 bits per heavy atom. The van der Waals surface area contributed by atoms with Gasteiger partial charge in [-0.25, -0.2) is 18.7 Å². The topological polar surface area (TPSA) is 67.4 Å². The molecule has 0 amide bonds. The van der Waals surface area contributed by atoms with Gasteiger partial charge in [-0.3, -0.25) is 4.68 Å². The third-order valence-electron chi connectivity index (χ3n) is 3.28. The molecule has 2 aromatic heterocycles. The van der Waals surface area contributed by atoms with E-state index in [1.54, 1.807) is 42.5 Å². The first-order valence-electron chi connectivity index (χ1n) is 6.96. The molecule has 0 aliphatic carbocycles. The van der Waals surface area contributed by atoms with E-state index >= 15 is 0 Å². The van der Waals surface area contributed by atoms with E-state index in [-0.39, 0.29) is 11.1 Å². The zero-order valence-corrected chi connectivity index (χ0v) is 12.6. The molecule has 0 bridgehead atoms. The Hall–Kier alpha value is -3.40. The standard InChI is InChI=1S/C17H11F2N5/c1-24-10-12(9-22-24)16-4-5-21-17(23-16)3-2-13-14(18)6-11(8-20)7-15(13)19/h2-7,9-10H,1H3/b3-2+. The lowest BCUT2D eigenvalue weighted by molar-refractivity contribution is 0.578. The van der Waals surface area contributed by atoms with Crippen molar-refractivity contribution in [1.82, 2.24) is 19.7 Å². The van der Waals surface area contributed by atoms with Crippen molar-refractivity contribution >= 4 is 12.2 Å². The molecule has 0 saturated carbocycles. The van der Waals surface area contributed by atoms with E-state index in [1.807, 2.05) is 0 Å². The SMILES string of the molecule is Cn1cc(-c2ccnc(/C=C/c3c(F)cc(C#N)cc3F)n2)cn1. The van der Waals surface area contributed by atoms with E-state index in [1.165, 1.54) is 12.2 Å². The van der Waals surface area contributed by atoms with Gasteiger partial charge in [-0.2, -0.15) is 10.4 Å². The molecular formula is C17H11F2N5. The van der Waals surface area contributed by atoms with Crippen molar-refractivity contribution in [2.24, 2.45) is 7.05 Å². The summed E-state index contributed by atoms with van der Waals surface area (Å²) in [6.07, 6.45) is 7.67. The lowest BCUT2D eigenvalue weighted by atomic mass is 10.1. The second-order valence-corrected chi connectivity index (χ2v) is 5.00. The molecule has 0 saturated heterocycles. The number of halogens is 2. The Balaban J connectivity index is 1.92. The first-order valence-corrected chi connectivity index (χ1v) is 6.96. The van der Waals surface area contributed by atoms with E-state index in [2.05, 4.69) is 15.1 Å². The number of hydrogen-bond acceptors (Lipinski definition) is 4. The van der Waals surface area contributed by atoms with Crippen molar-refractivity contribution in [2.75, 3.05) is 0 Å². The van der Waals surface area contributed by atoms with E-state index in [9.17, 15) is 8.78 Å². The summed E-state index contributed by atoms with van der Waals surface area (Å²) in [5.74, 6) is -1.32. The quantitative estimate of drug-likeness (QED) is 0.742. The molecule has 3 aromatic rings. The second-order valence-electron chi connectivity index (χ2n) is 5.00. The Morgan fingerprint density at radius 2 is 1.96 bits per heavy atom. The van der Waals surface area contributed by atoms with E-state index in [4.69, 9.17) is 5.26 Å². The number of hydrogen-bond donors (Lipinski definition) is 0. The predicted octanol–water partition coefficient (Wildman–Crippen LogP) is 3.20. The molecule has 0 aliphatic heterocycles. The van der Waals surface area contributed by atoms with Crippen molar-refractivity contribution in [3.8, 4) is 17.3 Å². The van der Waals surface area contributed by atoms with Gasteiger partial charge in [0.1, 0.15) is 11.6 Å². The summed E-state index contributed by atoms with van der Waals surface area (Å²) in [7, 11) is 1.79. The first-order chi connectivity index (χ1) is 11.6. The number of aryl methyl sites for hydroxylation is 1. The molecule has 3 rings (SSSR count). The molecule has 0 N–H and O–H groups in total. The minimum atomic E-state index is -0.814. The van der Waals surface area contributed by atoms with Gasteiger partial charge >= 0.3 is 0 Å². The van der Waals surface area contributed by atoms with Gasteiger partial charge in [-0.05, 0) is 30.4 Å². The van der Waals surface area contributed by atoms with E-state index in [0.717, 1.165) is 17.7 Å². The monoisotopic (exact) mass is 323 g/mol. The molecule has 1 aromatic carbocycles. The molecule has 118 valence electrons. The van der Waals surface area contributed by atoms with Crippen molar-refractivity contribution in [2.45, 2.75) is 0 Å². The predicted molar refractivity (Wildman–Crippen MR) is 84.2 cm³/mol. The van der Waals surface area contributed by atoms with E-state index in [0.29, 0.717) is 11.5 Å². The number of aromatic nitrogens is 4. The Morgan fingerprint density at radius 1 is 1.21 bits per heavy atom. The van der Waals surface area contributed by atoms with E-state index < -0.39 is 11.6 Å². The molecule has 5 nitrogen and oxygen atoms in total. The van der Waals surface area contributed by atoms with Crippen LogP contribution in [0.15, 0.2) is 36.8 Å². The maximum Gasteiger partial charge on any atom is 0.152 e. The van der Waals surface area contributed by atoms with Gasteiger partial charge in [0.25, 0.3) is 0 Å². The van der Waals surface area contributed by atoms with Crippen LogP contribution in [0.3, 0.4) is 0 Å². The van der Waals surface area contributed by atoms with Crippen LogP contribution in [0.4, 0.5) is 8.78 Å². The lowest BCUT2D eigenvalue weighted by Crippen LogP contribution is -1.92. The van der Waals surface area contributed by atoms with Gasteiger partial charge in [0.15, 0.2) is 5.82 Å². The minimum absolute atomic E-state index is 0.0722. The highest BCUT2D eigenvalue weighted by Crippen LogP contribution is 2.19. The minimum Gasteiger partial charge on any atom is -0.275 e. The molecule has 0 radical (unpaired) electrons. The van der Waals surface area contributed by atoms with Crippen LogP contribution in [-0.2, 0) is 7.05 Å². The molecule has 0 unspecified atom stereocenters. The van der Waals surface area contributed by atoms with Gasteiger partial charge in [0.2, 0.25) is 0 Å². The summed E-state index contributed by atoms with van der Waals surface area (Å²) < 4.78 is 29.4. The van der Waals surface area contributed by atoms with Crippen LogP contribution in [-0.4, -0.2) is 19.7 Å². The lowest BCUT2D eigenvalue weighted by Gasteiger charge is -2.01. The molecule has 0 fully saturated rings. The second kappa shape index (κ2) is 6.38. The third-order valence-corrected chi connectivity index (χ3v) is 3.28. The summed E-state index contributed by atoms with van der Waals surface area (Å²) >= 11 is 0. The Bertz CT molecular complexity index is 946. The van der Waals surface area contributed by atoms with Crippen LogP contribution in [0.1, 0.15) is 17.0 Å². The van der Waals surface area contributed by atoms with Crippen LogP contribution in [0, 0.1) is 23.0 Å². The van der Waals surface area contributed by atoms with Gasteiger partial charge in [0.05, 0.1) is 23.5 Å². The van der Waals surface area contributed by atoms with Crippen LogP contribution < -0.4 is 0 Å². The van der Waals surface area contributed by atoms with Crippen molar-refractivity contribution in [3.05, 3.63) is 65.4 Å². The summed E-state index contributed by atoms with van der Waals surface area (Å²) in [6, 6.07) is 5.38. The zero-order valence-electron chi connectivity index (χ0n) is 12.6. The summed E-state index contributed by atoms with van der Waals surface area (Å²) in [6.45, 7) is 0. The number of rotatable bonds is 3. The Kier molecular flexibility index (Phi) is 4.12. The number of nitrogens with zero attached hydrogens (tertiary/aromatic N) is 5. The molecule has 2 heterocycles. The normalized spacial score (nSPS) is 10.9. The van der Waals surface area contributed by atoms with Gasteiger partial charge < -0.3 is 0 Å². The van der Waals surface area contributed by atoms with Crippen molar-refractivity contribution in [3.63, 3.8) is 0 Å². The summed E-state index contributed by atoms with van der Waals surface area (Å²) in [4.78, 5) is 8.37. The number of benzene rings is 1. The molecular weight excluding hydrogens is 312 g/mol. The molecule has 0 spiro atoms. The highest BCUT2D eigenvalue weighted by Gasteiger charge is 2.09. The summed E-state index contributed by atoms with van der Waals surface area (Å²) in [5.41, 5.74) is 1.14. The van der Waals surface area contributed by atoms with Crippen LogP contribution in [0.25, 0.3) is 23.4 Å². The largest absolute Gasteiger partial charge is 0.275 e. The van der Waals surface area contributed by atoms with Crippen LogP contribution >= 0.6 is 0 Å². The highest BCUT2D eigenvalue weighted by atomic mass is 19.1. The smallest absolute Gasteiger partial charge is 0.152 e. The molecule has 7 heteroatoms. The van der Waals surface area contributed by atoms with Gasteiger partial charge in [0, 0.05) is 30.6 Å². The maximum atomic E-state index is 13.9. The average molecular weight is 323 g/mol. The maximum absolute atomic E-state index is 13.9. The third kappa shape index (κ3) is 3.17. The summed E-state index contributed by atoms with van der Waals surface area (Å²) in [5, 5.41) is 12.8. The fourth-order valence-electron chi connectivity index (χ4n) is 2.13. The van der Waals surface area contributed by atoms with Crippen molar-refractivity contribution < 1.29 is 8.78 Å². The average Bonchev–Trinajstić information content (AvgIpc) is 3.00. The fraction of sp³-hybridized carbons (Fsp3) is 0.0588. The highest BCUT2D eigenvalue weighted by molar-refractivity contribution is 5.69. The van der Waals surface area contributed by atoms with Gasteiger partial charge in [-0.15, -0.1) is 0 Å². The molecule has 0 aliphatic rings.